The summed E-state index contributed by atoms with van der Waals surface area (Å²) in [6, 6.07) is 10.0. The van der Waals surface area contributed by atoms with Crippen LogP contribution in [0.5, 0.6) is 17.2 Å². The van der Waals surface area contributed by atoms with Gasteiger partial charge in [0.25, 0.3) is 5.91 Å². The second-order valence-corrected chi connectivity index (χ2v) is 8.69. The lowest BCUT2D eigenvalue weighted by molar-refractivity contribution is 0.0947. The minimum Gasteiger partial charge on any atom is -0.496 e. The summed E-state index contributed by atoms with van der Waals surface area (Å²) in [6.45, 7) is 3.82. The zero-order chi connectivity index (χ0) is 22.3. The van der Waals surface area contributed by atoms with Crippen LogP contribution in [0.4, 0.5) is 0 Å². The summed E-state index contributed by atoms with van der Waals surface area (Å²) in [5, 5.41) is 2.83. The molecular formula is C21H28N2O6S. The number of carbonyl (C=O) groups excluding carboxylic acids is 1. The fraction of sp³-hybridized carbons (Fsp3) is 0.381. The Morgan fingerprint density at radius 2 is 1.43 bits per heavy atom. The topological polar surface area (TPSA) is 103 Å². The number of methoxy groups -OCH3 is 3. The molecule has 0 heterocycles. The first-order chi connectivity index (χ1) is 14.2. The highest BCUT2D eigenvalue weighted by atomic mass is 32.2. The molecular weight excluding hydrogens is 408 g/mol. The van der Waals surface area contributed by atoms with Crippen LogP contribution < -0.4 is 24.2 Å². The molecule has 0 saturated carbocycles. The Hall–Kier alpha value is -2.78. The number of hydrogen-bond acceptors (Lipinski definition) is 6. The third kappa shape index (κ3) is 6.36. The van der Waals surface area contributed by atoms with Crippen molar-refractivity contribution in [3.05, 3.63) is 53.1 Å². The molecule has 0 unspecified atom stereocenters. The zero-order valence-electron chi connectivity index (χ0n) is 17.8. The Kier molecular flexibility index (Phi) is 8.08. The van der Waals surface area contributed by atoms with Crippen molar-refractivity contribution in [2.45, 2.75) is 32.2 Å². The molecule has 0 radical (unpaired) electrons. The second kappa shape index (κ2) is 10.3. The molecule has 2 N–H and O–H groups in total. The number of amides is 1. The van der Waals surface area contributed by atoms with Gasteiger partial charge in [-0.1, -0.05) is 24.3 Å². The fourth-order valence-corrected chi connectivity index (χ4v) is 4.29. The van der Waals surface area contributed by atoms with Gasteiger partial charge in [-0.25, -0.2) is 13.1 Å². The highest BCUT2D eigenvalue weighted by molar-refractivity contribution is 7.88. The SMILES string of the molecule is COc1cc(OC)c(C(=O)NCc2ccc(CS(=O)(=O)NC(C)C)cc2)cc1OC. The van der Waals surface area contributed by atoms with Crippen molar-refractivity contribution in [3.63, 3.8) is 0 Å². The van der Waals surface area contributed by atoms with E-state index in [0.29, 0.717) is 28.4 Å². The quantitative estimate of drug-likeness (QED) is 0.593. The van der Waals surface area contributed by atoms with E-state index in [1.165, 1.54) is 21.3 Å². The van der Waals surface area contributed by atoms with Crippen LogP contribution in [0.15, 0.2) is 36.4 Å². The molecule has 0 aliphatic heterocycles. The molecule has 8 nitrogen and oxygen atoms in total. The van der Waals surface area contributed by atoms with Gasteiger partial charge in [0.05, 0.1) is 32.6 Å². The standard InChI is InChI=1S/C21H28N2O6S/c1-14(2)23-30(25,26)13-16-8-6-15(7-9-16)12-22-21(24)17-10-19(28-4)20(29-5)11-18(17)27-3/h6-11,14,23H,12-13H2,1-5H3,(H,22,24). The van der Waals surface area contributed by atoms with Crippen LogP contribution in [0, 0.1) is 0 Å². The molecule has 0 spiro atoms. The van der Waals surface area contributed by atoms with Crippen LogP contribution in [-0.2, 0) is 22.3 Å². The van der Waals surface area contributed by atoms with E-state index in [-0.39, 0.29) is 24.2 Å². The number of sulfonamides is 1. The Labute approximate surface area is 177 Å². The van der Waals surface area contributed by atoms with Gasteiger partial charge in [0.2, 0.25) is 10.0 Å². The Bertz CT molecular complexity index is 972. The van der Waals surface area contributed by atoms with Crippen LogP contribution in [0.2, 0.25) is 0 Å². The molecule has 0 aromatic heterocycles. The highest BCUT2D eigenvalue weighted by Crippen LogP contribution is 2.34. The summed E-state index contributed by atoms with van der Waals surface area (Å²) in [4.78, 5) is 12.6. The highest BCUT2D eigenvalue weighted by Gasteiger charge is 2.18. The van der Waals surface area contributed by atoms with Gasteiger partial charge in [0, 0.05) is 24.7 Å². The molecule has 0 saturated heterocycles. The number of benzene rings is 2. The largest absolute Gasteiger partial charge is 0.496 e. The van der Waals surface area contributed by atoms with Gasteiger partial charge in [-0.3, -0.25) is 4.79 Å². The van der Waals surface area contributed by atoms with Gasteiger partial charge in [0.15, 0.2) is 11.5 Å². The Balaban J connectivity index is 2.06. The van der Waals surface area contributed by atoms with Crippen molar-refractivity contribution >= 4 is 15.9 Å². The normalized spacial score (nSPS) is 11.3. The van der Waals surface area contributed by atoms with E-state index in [1.54, 1.807) is 50.2 Å². The summed E-state index contributed by atoms with van der Waals surface area (Å²) in [5.41, 5.74) is 1.82. The first-order valence-corrected chi connectivity index (χ1v) is 11.0. The minimum atomic E-state index is -3.38. The molecule has 0 bridgehead atoms. The maximum Gasteiger partial charge on any atom is 0.255 e. The first-order valence-electron chi connectivity index (χ1n) is 9.35. The number of rotatable bonds is 10. The van der Waals surface area contributed by atoms with Gasteiger partial charge >= 0.3 is 0 Å². The molecule has 0 atom stereocenters. The molecule has 164 valence electrons. The average molecular weight is 437 g/mol. The van der Waals surface area contributed by atoms with Crippen molar-refractivity contribution in [3.8, 4) is 17.2 Å². The Morgan fingerprint density at radius 1 is 0.900 bits per heavy atom. The third-order valence-corrected chi connectivity index (χ3v) is 5.74. The number of carbonyl (C=O) groups is 1. The smallest absolute Gasteiger partial charge is 0.255 e. The van der Waals surface area contributed by atoms with Crippen LogP contribution >= 0.6 is 0 Å². The van der Waals surface area contributed by atoms with Crippen molar-refractivity contribution in [1.29, 1.82) is 0 Å². The molecule has 0 aliphatic carbocycles. The number of nitrogens with one attached hydrogen (secondary N) is 2. The predicted octanol–water partition coefficient (Wildman–Crippen LogP) is 2.47. The maximum atomic E-state index is 12.6. The average Bonchev–Trinajstić information content (AvgIpc) is 2.70. The Morgan fingerprint density at radius 3 is 1.97 bits per heavy atom. The van der Waals surface area contributed by atoms with Crippen molar-refractivity contribution in [1.82, 2.24) is 10.0 Å². The first kappa shape index (κ1) is 23.5. The van der Waals surface area contributed by atoms with Gasteiger partial charge in [0.1, 0.15) is 5.75 Å². The van der Waals surface area contributed by atoms with E-state index in [2.05, 4.69) is 10.0 Å². The minimum absolute atomic E-state index is 0.0966. The lowest BCUT2D eigenvalue weighted by Gasteiger charge is -2.14. The van der Waals surface area contributed by atoms with E-state index in [1.807, 2.05) is 0 Å². The van der Waals surface area contributed by atoms with Crippen molar-refractivity contribution in [2.24, 2.45) is 0 Å². The van der Waals surface area contributed by atoms with Gasteiger partial charge < -0.3 is 19.5 Å². The third-order valence-electron chi connectivity index (χ3n) is 4.20. The number of hydrogen-bond donors (Lipinski definition) is 2. The molecule has 2 aromatic carbocycles. The van der Waals surface area contributed by atoms with Crippen LogP contribution in [0.1, 0.15) is 35.3 Å². The lowest BCUT2D eigenvalue weighted by Crippen LogP contribution is -2.31. The summed E-state index contributed by atoms with van der Waals surface area (Å²) in [6.07, 6.45) is 0. The molecule has 2 aromatic rings. The monoisotopic (exact) mass is 436 g/mol. The van der Waals surface area contributed by atoms with Crippen LogP contribution in [-0.4, -0.2) is 41.7 Å². The van der Waals surface area contributed by atoms with E-state index >= 15 is 0 Å². The van der Waals surface area contributed by atoms with Crippen molar-refractivity contribution in [2.75, 3.05) is 21.3 Å². The molecule has 9 heteroatoms. The summed E-state index contributed by atoms with van der Waals surface area (Å²) in [7, 11) is 1.08. The van der Waals surface area contributed by atoms with E-state index in [0.717, 1.165) is 5.56 Å². The van der Waals surface area contributed by atoms with Crippen LogP contribution in [0.25, 0.3) is 0 Å². The number of ether oxygens (including phenoxy) is 3. The van der Waals surface area contributed by atoms with Gasteiger partial charge in [-0.2, -0.15) is 0 Å². The lowest BCUT2D eigenvalue weighted by atomic mass is 10.1. The molecule has 0 fully saturated rings. The molecule has 1 amide bonds. The van der Waals surface area contributed by atoms with E-state index in [9.17, 15) is 13.2 Å². The maximum absolute atomic E-state index is 12.6. The predicted molar refractivity (Wildman–Crippen MR) is 115 cm³/mol. The molecule has 2 rings (SSSR count). The van der Waals surface area contributed by atoms with E-state index < -0.39 is 10.0 Å². The van der Waals surface area contributed by atoms with E-state index in [4.69, 9.17) is 14.2 Å². The summed E-state index contributed by atoms with van der Waals surface area (Å²) < 4.78 is 42.4. The fourth-order valence-electron chi connectivity index (χ4n) is 2.86. The summed E-state index contributed by atoms with van der Waals surface area (Å²) in [5.74, 6) is 0.817. The van der Waals surface area contributed by atoms with Gasteiger partial charge in [-0.05, 0) is 25.0 Å². The van der Waals surface area contributed by atoms with Crippen molar-refractivity contribution < 1.29 is 27.4 Å². The molecule has 30 heavy (non-hydrogen) atoms. The van der Waals surface area contributed by atoms with Crippen LogP contribution in [0.3, 0.4) is 0 Å². The summed E-state index contributed by atoms with van der Waals surface area (Å²) >= 11 is 0. The second-order valence-electron chi connectivity index (χ2n) is 6.94. The van der Waals surface area contributed by atoms with Gasteiger partial charge in [-0.15, -0.1) is 0 Å². The molecule has 0 aliphatic rings. The zero-order valence-corrected chi connectivity index (χ0v) is 18.6.